The number of sulfone groups is 1. The van der Waals surface area contributed by atoms with Crippen molar-refractivity contribution in [1.82, 2.24) is 5.32 Å². The predicted octanol–water partition coefficient (Wildman–Crippen LogP) is 4.32. The topological polar surface area (TPSA) is 46.2 Å². The number of rotatable bonds is 8. The summed E-state index contributed by atoms with van der Waals surface area (Å²) in [7, 11) is -3.44. The molecule has 1 aromatic rings. The lowest BCUT2D eigenvalue weighted by Gasteiger charge is -2.27. The lowest BCUT2D eigenvalue weighted by molar-refractivity contribution is 0.445. The van der Waals surface area contributed by atoms with Gasteiger partial charge in [-0.15, -0.1) is 0 Å². The Balaban J connectivity index is 3.19. The average Bonchev–Trinajstić information content (AvgIpc) is 2.42. The van der Waals surface area contributed by atoms with E-state index < -0.39 is 15.1 Å². The molecular formula is C15H23Cl2NO2S. The van der Waals surface area contributed by atoms with E-state index in [1.165, 1.54) is 18.2 Å². The summed E-state index contributed by atoms with van der Waals surface area (Å²) in [6, 6.07) is 4.45. The summed E-state index contributed by atoms with van der Waals surface area (Å²) in [6.07, 6.45) is 2.32. The second-order valence-corrected chi connectivity index (χ2v) is 8.00. The molecule has 0 saturated heterocycles. The van der Waals surface area contributed by atoms with Crippen LogP contribution in [0, 0.1) is 0 Å². The van der Waals surface area contributed by atoms with Gasteiger partial charge in [-0.1, -0.05) is 50.4 Å². The van der Waals surface area contributed by atoms with Gasteiger partial charge in [0.05, 0.1) is 20.2 Å². The molecule has 0 radical (unpaired) electrons. The predicted molar refractivity (Wildman–Crippen MR) is 90.1 cm³/mol. The fraction of sp³-hybridized carbons (Fsp3) is 0.600. The Morgan fingerprint density at radius 2 is 1.81 bits per heavy atom. The normalized spacial score (nSPS) is 14.9. The van der Waals surface area contributed by atoms with Crippen molar-refractivity contribution in [3.05, 3.63) is 28.2 Å². The molecule has 0 aliphatic heterocycles. The van der Waals surface area contributed by atoms with Crippen LogP contribution in [0.5, 0.6) is 0 Å². The zero-order valence-electron chi connectivity index (χ0n) is 12.7. The van der Waals surface area contributed by atoms with Crippen molar-refractivity contribution in [2.45, 2.75) is 56.2 Å². The first kappa shape index (κ1) is 18.8. The van der Waals surface area contributed by atoms with E-state index >= 15 is 0 Å². The van der Waals surface area contributed by atoms with E-state index in [0.29, 0.717) is 11.4 Å². The van der Waals surface area contributed by atoms with Gasteiger partial charge in [-0.05, 0) is 37.6 Å². The van der Waals surface area contributed by atoms with Crippen molar-refractivity contribution in [3.8, 4) is 0 Å². The summed E-state index contributed by atoms with van der Waals surface area (Å²) in [4.78, 5) is 0.239. The molecule has 1 rings (SSSR count). The molecule has 3 nitrogen and oxygen atoms in total. The highest BCUT2D eigenvalue weighted by atomic mass is 35.5. The van der Waals surface area contributed by atoms with Crippen LogP contribution >= 0.6 is 23.2 Å². The maximum atomic E-state index is 12.9. The van der Waals surface area contributed by atoms with Crippen LogP contribution < -0.4 is 5.32 Å². The molecule has 0 amide bonds. The lowest BCUT2D eigenvalue weighted by Crippen LogP contribution is -2.43. The van der Waals surface area contributed by atoms with Gasteiger partial charge in [-0.25, -0.2) is 8.42 Å². The molecular weight excluding hydrogens is 329 g/mol. The maximum absolute atomic E-state index is 12.9. The molecule has 0 aliphatic rings. The average molecular weight is 352 g/mol. The number of hydrogen-bond donors (Lipinski definition) is 1. The number of hydrogen-bond acceptors (Lipinski definition) is 3. The molecule has 0 bridgehead atoms. The Kier molecular flexibility index (Phi) is 7.48. The molecule has 6 heteroatoms. The van der Waals surface area contributed by atoms with Gasteiger partial charge in [-0.2, -0.15) is 0 Å². The van der Waals surface area contributed by atoms with Crippen molar-refractivity contribution in [3.63, 3.8) is 0 Å². The third-order valence-electron chi connectivity index (χ3n) is 3.54. The smallest absolute Gasteiger partial charge is 0.182 e. The molecule has 0 saturated carbocycles. The minimum atomic E-state index is -3.44. The highest BCUT2D eigenvalue weighted by molar-refractivity contribution is 7.92. The Morgan fingerprint density at radius 3 is 2.29 bits per heavy atom. The highest BCUT2D eigenvalue weighted by Crippen LogP contribution is 2.29. The van der Waals surface area contributed by atoms with Crippen molar-refractivity contribution >= 4 is 33.0 Å². The van der Waals surface area contributed by atoms with Crippen molar-refractivity contribution < 1.29 is 8.42 Å². The van der Waals surface area contributed by atoms with Crippen LogP contribution in [-0.2, 0) is 9.84 Å². The highest BCUT2D eigenvalue weighted by Gasteiger charge is 2.32. The zero-order chi connectivity index (χ0) is 16.0. The van der Waals surface area contributed by atoms with Crippen molar-refractivity contribution in [2.75, 3.05) is 6.54 Å². The third-order valence-corrected chi connectivity index (χ3v) is 6.64. The summed E-state index contributed by atoms with van der Waals surface area (Å²) in [6.45, 7) is 6.70. The fourth-order valence-electron chi connectivity index (χ4n) is 2.54. The van der Waals surface area contributed by atoms with Gasteiger partial charge < -0.3 is 5.32 Å². The summed E-state index contributed by atoms with van der Waals surface area (Å²) >= 11 is 11.8. The molecule has 120 valence electrons. The van der Waals surface area contributed by atoms with E-state index in [-0.39, 0.29) is 16.0 Å². The minimum absolute atomic E-state index is 0.0514. The van der Waals surface area contributed by atoms with Crippen molar-refractivity contribution in [2.24, 2.45) is 0 Å². The van der Waals surface area contributed by atoms with Gasteiger partial charge in [0.2, 0.25) is 0 Å². The van der Waals surface area contributed by atoms with Gasteiger partial charge in [0.15, 0.2) is 9.84 Å². The Hall–Kier alpha value is -0.290. The number of benzene rings is 1. The molecule has 21 heavy (non-hydrogen) atoms. The van der Waals surface area contributed by atoms with Gasteiger partial charge >= 0.3 is 0 Å². The van der Waals surface area contributed by atoms with Gasteiger partial charge in [0.25, 0.3) is 0 Å². The van der Waals surface area contributed by atoms with E-state index in [9.17, 15) is 8.42 Å². The quantitative estimate of drug-likeness (QED) is 0.758. The van der Waals surface area contributed by atoms with E-state index in [0.717, 1.165) is 19.4 Å². The van der Waals surface area contributed by atoms with Crippen LogP contribution in [-0.4, -0.2) is 26.3 Å². The minimum Gasteiger partial charge on any atom is -0.313 e. The van der Waals surface area contributed by atoms with Crippen LogP contribution in [0.3, 0.4) is 0 Å². The fourth-order valence-corrected chi connectivity index (χ4v) is 4.90. The summed E-state index contributed by atoms with van der Waals surface area (Å²) in [5.74, 6) is 0. The largest absolute Gasteiger partial charge is 0.313 e. The second-order valence-electron chi connectivity index (χ2n) is 5.02. The van der Waals surface area contributed by atoms with E-state index in [4.69, 9.17) is 23.2 Å². The van der Waals surface area contributed by atoms with E-state index in [1.807, 2.05) is 13.8 Å². The molecule has 1 aromatic carbocycles. The maximum Gasteiger partial charge on any atom is 0.182 e. The molecule has 0 heterocycles. The van der Waals surface area contributed by atoms with Gasteiger partial charge in [0.1, 0.15) is 0 Å². The molecule has 2 atom stereocenters. The van der Waals surface area contributed by atoms with Crippen LogP contribution in [0.15, 0.2) is 23.1 Å². The number of halogens is 2. The molecule has 0 spiro atoms. The van der Waals surface area contributed by atoms with Crippen LogP contribution in [0.2, 0.25) is 10.0 Å². The molecule has 0 fully saturated rings. The molecule has 1 N–H and O–H groups in total. The Bertz CT molecular complexity index is 555. The van der Waals surface area contributed by atoms with E-state index in [1.54, 1.807) is 0 Å². The first-order chi connectivity index (χ1) is 9.88. The summed E-state index contributed by atoms with van der Waals surface area (Å²) < 4.78 is 25.8. The Labute approximate surface area is 137 Å². The summed E-state index contributed by atoms with van der Waals surface area (Å²) in [5, 5.41) is 3.46. The first-order valence-corrected chi connectivity index (χ1v) is 9.60. The summed E-state index contributed by atoms with van der Waals surface area (Å²) in [5.41, 5.74) is 0. The van der Waals surface area contributed by atoms with Gasteiger partial charge in [-0.3, -0.25) is 0 Å². The third kappa shape index (κ3) is 4.59. The van der Waals surface area contributed by atoms with Gasteiger partial charge in [0, 0.05) is 6.04 Å². The zero-order valence-corrected chi connectivity index (χ0v) is 15.0. The lowest BCUT2D eigenvalue weighted by atomic mass is 10.1. The van der Waals surface area contributed by atoms with Crippen LogP contribution in [0.25, 0.3) is 0 Å². The van der Waals surface area contributed by atoms with E-state index in [2.05, 4.69) is 12.2 Å². The second kappa shape index (κ2) is 8.37. The first-order valence-electron chi connectivity index (χ1n) is 7.30. The SMILES string of the molecule is CCCC(NCC)C(CC)S(=O)(=O)c1ccc(Cl)c(Cl)c1. The van der Waals surface area contributed by atoms with Crippen molar-refractivity contribution in [1.29, 1.82) is 0 Å². The molecule has 2 unspecified atom stereocenters. The van der Waals surface area contributed by atoms with Crippen LogP contribution in [0.4, 0.5) is 0 Å². The number of nitrogens with one attached hydrogen (secondary N) is 1. The monoisotopic (exact) mass is 351 g/mol. The Morgan fingerprint density at radius 1 is 1.14 bits per heavy atom. The molecule has 0 aliphatic carbocycles. The standard InChI is InChI=1S/C15H23Cl2NO2S/c1-4-7-14(18-6-3)15(5-2)21(19,20)11-8-9-12(16)13(17)10-11/h8-10,14-15,18H,4-7H2,1-3H3. The van der Waals surface area contributed by atoms with Crippen LogP contribution in [0.1, 0.15) is 40.0 Å². The molecule has 0 aromatic heterocycles.